The van der Waals surface area contributed by atoms with Gasteiger partial charge in [0.1, 0.15) is 6.17 Å². The minimum absolute atomic E-state index is 0.0961. The summed E-state index contributed by atoms with van der Waals surface area (Å²) in [5, 5.41) is 13.2. The molecule has 0 saturated heterocycles. The highest BCUT2D eigenvalue weighted by molar-refractivity contribution is 8.13. The van der Waals surface area contributed by atoms with Crippen LogP contribution in [0.15, 0.2) is 4.99 Å². The van der Waals surface area contributed by atoms with Crippen molar-refractivity contribution in [2.75, 3.05) is 5.88 Å². The molecule has 1 aliphatic rings. The smallest absolute Gasteiger partial charge is 0.127 e. The Morgan fingerprint density at radius 3 is 3.00 bits per heavy atom. The molecular formula is C6H12N2OS. The topological polar surface area (TPSA) is 44.6 Å². The van der Waals surface area contributed by atoms with Crippen LogP contribution in [0.25, 0.3) is 0 Å². The molecule has 1 heterocycles. The van der Waals surface area contributed by atoms with Gasteiger partial charge in [-0.3, -0.25) is 10.3 Å². The lowest BCUT2D eigenvalue weighted by atomic mass is 10.3. The van der Waals surface area contributed by atoms with Gasteiger partial charge in [0, 0.05) is 5.88 Å². The monoisotopic (exact) mass is 160 g/mol. The van der Waals surface area contributed by atoms with Gasteiger partial charge in [0.2, 0.25) is 0 Å². The second-order valence-corrected chi connectivity index (χ2v) is 3.49. The molecule has 4 heteroatoms. The minimum atomic E-state index is -0.393. The number of nitrogens with zero attached hydrogens (tertiary/aromatic N) is 1. The Balaban J connectivity index is 2.53. The number of thioether (sulfide) groups is 1. The highest BCUT2D eigenvalue weighted by Crippen LogP contribution is 2.10. The first-order chi connectivity index (χ1) is 4.70. The van der Waals surface area contributed by atoms with E-state index in [4.69, 9.17) is 5.11 Å². The third kappa shape index (κ3) is 1.97. The largest absolute Gasteiger partial charge is 0.390 e. The maximum atomic E-state index is 9.12. The summed E-state index contributed by atoms with van der Waals surface area (Å²) in [6.07, 6.45) is -0.489. The van der Waals surface area contributed by atoms with Crippen molar-refractivity contribution >= 4 is 16.8 Å². The highest BCUT2D eigenvalue weighted by Gasteiger charge is 2.16. The standard InChI is InChI=1S/C6H12N2OS/c1-4(9)6-7-3-10-5(2)8-6/h4,6-7,9H,3H2,1-2H3/t4-,6?/m1/s1. The van der Waals surface area contributed by atoms with Crippen molar-refractivity contribution in [3.8, 4) is 0 Å². The van der Waals surface area contributed by atoms with E-state index in [0.29, 0.717) is 0 Å². The van der Waals surface area contributed by atoms with Crippen molar-refractivity contribution in [1.82, 2.24) is 5.32 Å². The number of hydrogen-bond donors (Lipinski definition) is 2. The fourth-order valence-corrected chi connectivity index (χ4v) is 1.44. The number of rotatable bonds is 1. The molecule has 2 atom stereocenters. The van der Waals surface area contributed by atoms with Gasteiger partial charge in [0.15, 0.2) is 0 Å². The lowest BCUT2D eigenvalue weighted by molar-refractivity contribution is 0.151. The fraction of sp³-hybridized carbons (Fsp3) is 0.833. The molecule has 0 fully saturated rings. The quantitative estimate of drug-likeness (QED) is 0.584. The summed E-state index contributed by atoms with van der Waals surface area (Å²) in [6, 6.07) is 0. The first-order valence-electron chi connectivity index (χ1n) is 3.29. The molecule has 1 unspecified atom stereocenters. The predicted molar refractivity (Wildman–Crippen MR) is 44.2 cm³/mol. The van der Waals surface area contributed by atoms with Gasteiger partial charge in [-0.15, -0.1) is 0 Å². The maximum absolute atomic E-state index is 9.12. The lowest BCUT2D eigenvalue weighted by Gasteiger charge is -2.21. The van der Waals surface area contributed by atoms with Crippen LogP contribution in [0.1, 0.15) is 13.8 Å². The Morgan fingerprint density at radius 2 is 2.60 bits per heavy atom. The molecule has 0 radical (unpaired) electrons. The zero-order chi connectivity index (χ0) is 7.56. The summed E-state index contributed by atoms with van der Waals surface area (Å²) in [6.45, 7) is 3.70. The molecule has 2 N–H and O–H groups in total. The van der Waals surface area contributed by atoms with Crippen molar-refractivity contribution in [2.45, 2.75) is 26.1 Å². The van der Waals surface area contributed by atoms with E-state index in [1.165, 1.54) is 0 Å². The van der Waals surface area contributed by atoms with Crippen LogP contribution < -0.4 is 5.32 Å². The van der Waals surface area contributed by atoms with E-state index in [1.54, 1.807) is 18.7 Å². The molecule has 1 aliphatic heterocycles. The van der Waals surface area contributed by atoms with Crippen molar-refractivity contribution in [3.63, 3.8) is 0 Å². The highest BCUT2D eigenvalue weighted by atomic mass is 32.2. The first-order valence-corrected chi connectivity index (χ1v) is 4.27. The summed E-state index contributed by atoms with van der Waals surface area (Å²) >= 11 is 1.67. The summed E-state index contributed by atoms with van der Waals surface area (Å²) in [7, 11) is 0. The number of aliphatic hydroxyl groups is 1. The molecule has 10 heavy (non-hydrogen) atoms. The van der Waals surface area contributed by atoms with Crippen molar-refractivity contribution in [1.29, 1.82) is 0 Å². The molecule has 0 saturated carbocycles. The van der Waals surface area contributed by atoms with Crippen LogP contribution in [0.4, 0.5) is 0 Å². The Labute approximate surface area is 64.9 Å². The molecule has 0 aromatic rings. The second-order valence-electron chi connectivity index (χ2n) is 2.33. The molecule has 3 nitrogen and oxygen atoms in total. The Hall–Kier alpha value is -0.0600. The zero-order valence-corrected chi connectivity index (χ0v) is 6.98. The second kappa shape index (κ2) is 3.37. The first kappa shape index (κ1) is 8.04. The van der Waals surface area contributed by atoms with Crippen LogP contribution in [0.3, 0.4) is 0 Å². The van der Waals surface area contributed by atoms with Gasteiger partial charge < -0.3 is 5.11 Å². The van der Waals surface area contributed by atoms with Gasteiger partial charge in [-0.05, 0) is 13.8 Å². The third-order valence-electron chi connectivity index (χ3n) is 1.35. The molecule has 0 aliphatic carbocycles. The molecular weight excluding hydrogens is 148 g/mol. The Kier molecular flexibility index (Phi) is 2.71. The summed E-state index contributed by atoms with van der Waals surface area (Å²) < 4.78 is 0. The minimum Gasteiger partial charge on any atom is -0.390 e. The Bertz CT molecular complexity index is 147. The van der Waals surface area contributed by atoms with E-state index in [-0.39, 0.29) is 6.17 Å². The van der Waals surface area contributed by atoms with Crippen LogP contribution >= 0.6 is 11.8 Å². The number of aliphatic imine (C=N–C) groups is 1. The normalized spacial score (nSPS) is 29.5. The van der Waals surface area contributed by atoms with E-state index < -0.39 is 6.10 Å². The van der Waals surface area contributed by atoms with Crippen LogP contribution in [0, 0.1) is 0 Å². The van der Waals surface area contributed by atoms with Crippen LogP contribution in [-0.4, -0.2) is 28.3 Å². The summed E-state index contributed by atoms with van der Waals surface area (Å²) in [4.78, 5) is 4.20. The van der Waals surface area contributed by atoms with Gasteiger partial charge in [0.25, 0.3) is 0 Å². The zero-order valence-electron chi connectivity index (χ0n) is 6.16. The third-order valence-corrected chi connectivity index (χ3v) is 2.19. The van der Waals surface area contributed by atoms with Crippen LogP contribution in [-0.2, 0) is 0 Å². The van der Waals surface area contributed by atoms with Gasteiger partial charge in [-0.25, -0.2) is 0 Å². The van der Waals surface area contributed by atoms with E-state index in [2.05, 4.69) is 10.3 Å². The molecule has 58 valence electrons. The van der Waals surface area contributed by atoms with Gasteiger partial charge in [0.05, 0.1) is 11.1 Å². The van der Waals surface area contributed by atoms with E-state index >= 15 is 0 Å². The van der Waals surface area contributed by atoms with E-state index in [9.17, 15) is 0 Å². The predicted octanol–water partition coefficient (Wildman–Crippen LogP) is 0.406. The molecule has 0 amide bonds. The fourth-order valence-electron chi connectivity index (χ4n) is 0.789. The van der Waals surface area contributed by atoms with E-state index in [0.717, 1.165) is 10.9 Å². The number of nitrogens with one attached hydrogen (secondary N) is 1. The summed E-state index contributed by atoms with van der Waals surface area (Å²) in [5.74, 6) is 0.852. The van der Waals surface area contributed by atoms with E-state index in [1.807, 2.05) is 6.92 Å². The number of hydrogen-bond acceptors (Lipinski definition) is 4. The molecule has 0 spiro atoms. The van der Waals surface area contributed by atoms with Crippen LogP contribution in [0.5, 0.6) is 0 Å². The van der Waals surface area contributed by atoms with Gasteiger partial charge in [-0.1, -0.05) is 11.8 Å². The van der Waals surface area contributed by atoms with Crippen molar-refractivity contribution < 1.29 is 5.11 Å². The lowest BCUT2D eigenvalue weighted by Crippen LogP contribution is -2.39. The van der Waals surface area contributed by atoms with Gasteiger partial charge in [-0.2, -0.15) is 0 Å². The molecule has 0 bridgehead atoms. The Morgan fingerprint density at radius 1 is 1.90 bits per heavy atom. The molecule has 0 aromatic carbocycles. The number of aliphatic hydroxyl groups excluding tert-OH is 1. The average molecular weight is 160 g/mol. The van der Waals surface area contributed by atoms with Gasteiger partial charge >= 0.3 is 0 Å². The average Bonchev–Trinajstić information content (AvgIpc) is 1.88. The summed E-state index contributed by atoms with van der Waals surface area (Å²) in [5.41, 5.74) is 0. The SMILES string of the molecule is CC1=NC([C@@H](C)O)NCS1. The van der Waals surface area contributed by atoms with Crippen molar-refractivity contribution in [2.24, 2.45) is 4.99 Å². The maximum Gasteiger partial charge on any atom is 0.127 e. The molecule has 0 aromatic heterocycles. The molecule has 1 rings (SSSR count). The van der Waals surface area contributed by atoms with Crippen molar-refractivity contribution in [3.05, 3.63) is 0 Å². The van der Waals surface area contributed by atoms with Crippen LogP contribution in [0.2, 0.25) is 0 Å².